The van der Waals surface area contributed by atoms with E-state index in [1.807, 2.05) is 0 Å². The summed E-state index contributed by atoms with van der Waals surface area (Å²) in [5.74, 6) is 1.30. The fourth-order valence-corrected chi connectivity index (χ4v) is 3.36. The highest BCUT2D eigenvalue weighted by molar-refractivity contribution is 5.85. The quantitative estimate of drug-likeness (QED) is 0.342. The van der Waals surface area contributed by atoms with Crippen molar-refractivity contribution in [2.45, 2.75) is 0 Å². The lowest BCUT2D eigenvalue weighted by Gasteiger charge is -2.56. The molecule has 0 spiro atoms. The molecule has 13 heavy (non-hydrogen) atoms. The summed E-state index contributed by atoms with van der Waals surface area (Å²) in [5.41, 5.74) is 0. The molecule has 4 aliphatic rings. The average Bonchev–Trinajstić information content (AvgIpc) is 1.96. The molecule has 0 saturated carbocycles. The van der Waals surface area contributed by atoms with E-state index in [9.17, 15) is 4.79 Å². The molecule has 3 nitrogen and oxygen atoms in total. The minimum absolute atomic E-state index is 0. The zero-order chi connectivity index (χ0) is 8.34. The van der Waals surface area contributed by atoms with E-state index in [0.717, 1.165) is 30.7 Å². The molecule has 0 aromatic carbocycles. The van der Waals surface area contributed by atoms with E-state index in [4.69, 9.17) is 0 Å². The highest BCUT2D eigenvalue weighted by atomic mass is 127. The predicted octanol–water partition coefficient (Wildman–Crippen LogP) is -3.46. The number of halogens is 1. The molecule has 4 bridgehead atoms. The van der Waals surface area contributed by atoms with Gasteiger partial charge in [-0.1, -0.05) is 0 Å². The second-order valence-corrected chi connectivity index (χ2v) is 4.96. The third-order valence-electron chi connectivity index (χ3n) is 3.63. The SMILES string of the molecule is C[N+]12C[C@H]3CN(C[C@@H](C1)C3=O)C2.[I-]. The Kier molecular flexibility index (Phi) is 2.20. The molecule has 4 heterocycles. The Labute approximate surface area is 95.7 Å². The molecular weight excluding hydrogens is 279 g/mol. The summed E-state index contributed by atoms with van der Waals surface area (Å²) in [6.07, 6.45) is 0. The van der Waals surface area contributed by atoms with E-state index in [0.29, 0.717) is 17.6 Å². The minimum atomic E-state index is 0. The molecule has 0 aromatic rings. The van der Waals surface area contributed by atoms with Gasteiger partial charge in [-0.3, -0.25) is 9.69 Å². The van der Waals surface area contributed by atoms with Gasteiger partial charge in [0.05, 0.1) is 32.0 Å². The van der Waals surface area contributed by atoms with Crippen molar-refractivity contribution < 1.29 is 33.3 Å². The van der Waals surface area contributed by atoms with Gasteiger partial charge in [-0.25, -0.2) is 0 Å². The number of piperidine rings is 2. The maximum absolute atomic E-state index is 11.7. The van der Waals surface area contributed by atoms with Gasteiger partial charge in [0, 0.05) is 13.1 Å². The van der Waals surface area contributed by atoms with Crippen molar-refractivity contribution in [3.8, 4) is 0 Å². The normalized spacial score (nSPS) is 52.1. The van der Waals surface area contributed by atoms with Gasteiger partial charge in [-0.2, -0.15) is 0 Å². The molecule has 0 N–H and O–H groups in total. The monoisotopic (exact) mass is 294 g/mol. The van der Waals surface area contributed by atoms with Crippen LogP contribution in [0.2, 0.25) is 0 Å². The number of quaternary nitrogens is 1. The minimum Gasteiger partial charge on any atom is -1.00 e. The fourth-order valence-electron chi connectivity index (χ4n) is 3.36. The lowest BCUT2D eigenvalue weighted by molar-refractivity contribution is -0.939. The van der Waals surface area contributed by atoms with E-state index in [-0.39, 0.29) is 24.0 Å². The van der Waals surface area contributed by atoms with Gasteiger partial charge >= 0.3 is 0 Å². The summed E-state index contributed by atoms with van der Waals surface area (Å²) >= 11 is 0. The van der Waals surface area contributed by atoms with Crippen molar-refractivity contribution in [1.29, 1.82) is 0 Å². The number of carbonyl (C=O) groups excluding carboxylic acids is 1. The average molecular weight is 294 g/mol. The van der Waals surface area contributed by atoms with Crippen LogP contribution in [-0.4, -0.2) is 55.1 Å². The molecule has 4 fully saturated rings. The van der Waals surface area contributed by atoms with E-state index in [2.05, 4.69) is 11.9 Å². The fraction of sp³-hybridized carbons (Fsp3) is 0.889. The predicted molar refractivity (Wildman–Crippen MR) is 44.3 cm³/mol. The van der Waals surface area contributed by atoms with Gasteiger partial charge < -0.3 is 28.5 Å². The van der Waals surface area contributed by atoms with Crippen LogP contribution in [0.25, 0.3) is 0 Å². The van der Waals surface area contributed by atoms with Crippen molar-refractivity contribution in [3.05, 3.63) is 0 Å². The largest absolute Gasteiger partial charge is 1.00 e. The van der Waals surface area contributed by atoms with Gasteiger partial charge in [-0.05, 0) is 0 Å². The van der Waals surface area contributed by atoms with E-state index < -0.39 is 0 Å². The van der Waals surface area contributed by atoms with Gasteiger partial charge in [-0.15, -0.1) is 0 Å². The van der Waals surface area contributed by atoms with Crippen LogP contribution in [0.3, 0.4) is 0 Å². The van der Waals surface area contributed by atoms with Gasteiger partial charge in [0.1, 0.15) is 6.67 Å². The number of ketones is 1. The van der Waals surface area contributed by atoms with Crippen molar-refractivity contribution in [2.24, 2.45) is 11.8 Å². The molecule has 4 heteroatoms. The van der Waals surface area contributed by atoms with E-state index in [1.54, 1.807) is 0 Å². The summed E-state index contributed by atoms with van der Waals surface area (Å²) in [5, 5.41) is 0. The molecule has 4 aliphatic heterocycles. The molecular formula is C9H15IN2O. The maximum Gasteiger partial charge on any atom is 0.152 e. The second-order valence-electron chi connectivity index (χ2n) is 4.96. The van der Waals surface area contributed by atoms with Crippen molar-refractivity contribution in [2.75, 3.05) is 39.9 Å². The van der Waals surface area contributed by atoms with Crippen LogP contribution in [0.1, 0.15) is 0 Å². The summed E-state index contributed by atoms with van der Waals surface area (Å²) in [4.78, 5) is 14.1. The van der Waals surface area contributed by atoms with Crippen LogP contribution in [-0.2, 0) is 4.79 Å². The third-order valence-corrected chi connectivity index (χ3v) is 3.63. The lowest BCUT2D eigenvalue weighted by Crippen LogP contribution is -3.00. The summed E-state index contributed by atoms with van der Waals surface area (Å²) < 4.78 is 1.13. The standard InChI is InChI=1S/C9H15N2O.HI/c1-11-4-7-2-10(6-11)3-8(5-11)9(7)12;/h7-8H,2-6H2,1H3;1H/q+1;/p-1/t7-,8+,11?;. The molecule has 0 amide bonds. The Bertz CT molecular complexity index is 238. The van der Waals surface area contributed by atoms with E-state index >= 15 is 0 Å². The molecule has 74 valence electrons. The molecule has 0 aromatic heterocycles. The van der Waals surface area contributed by atoms with Gasteiger partial charge in [0.15, 0.2) is 5.78 Å². The Morgan fingerprint density at radius 2 is 1.85 bits per heavy atom. The summed E-state index contributed by atoms with van der Waals surface area (Å²) in [6, 6.07) is 0. The first-order valence-electron chi connectivity index (χ1n) is 4.76. The van der Waals surface area contributed by atoms with Crippen molar-refractivity contribution in [1.82, 2.24) is 4.90 Å². The van der Waals surface area contributed by atoms with Crippen molar-refractivity contribution >= 4 is 5.78 Å². The Morgan fingerprint density at radius 1 is 1.31 bits per heavy atom. The first kappa shape index (κ1) is 9.86. The second kappa shape index (κ2) is 2.90. The third kappa shape index (κ3) is 1.34. The zero-order valence-electron chi connectivity index (χ0n) is 7.87. The van der Waals surface area contributed by atoms with Crippen LogP contribution in [0.4, 0.5) is 0 Å². The highest BCUT2D eigenvalue weighted by Crippen LogP contribution is 2.34. The Morgan fingerprint density at radius 3 is 2.31 bits per heavy atom. The molecule has 0 aliphatic carbocycles. The number of Topliss-reactive ketones (excluding diaryl/α,β-unsaturated/α-hetero) is 1. The number of carbonyl (C=O) groups is 1. The van der Waals surface area contributed by atoms with Crippen LogP contribution in [0.5, 0.6) is 0 Å². The number of nitrogens with zero attached hydrogens (tertiary/aromatic N) is 2. The Hall–Kier alpha value is 0.320. The van der Waals surface area contributed by atoms with Crippen LogP contribution < -0.4 is 24.0 Å². The lowest BCUT2D eigenvalue weighted by atomic mass is 9.80. The summed E-state index contributed by atoms with van der Waals surface area (Å²) in [7, 11) is 2.29. The topological polar surface area (TPSA) is 20.3 Å². The van der Waals surface area contributed by atoms with Gasteiger partial charge in [0.2, 0.25) is 0 Å². The number of hydrogen-bond acceptors (Lipinski definition) is 2. The molecule has 4 rings (SSSR count). The zero-order valence-corrected chi connectivity index (χ0v) is 10.0. The Balaban J connectivity index is 0.000000653. The number of rotatable bonds is 0. The van der Waals surface area contributed by atoms with Crippen LogP contribution in [0, 0.1) is 11.8 Å². The van der Waals surface area contributed by atoms with Gasteiger partial charge in [0.25, 0.3) is 0 Å². The number of hydrogen-bond donors (Lipinski definition) is 0. The molecule has 4 atom stereocenters. The van der Waals surface area contributed by atoms with Crippen LogP contribution >= 0.6 is 0 Å². The smallest absolute Gasteiger partial charge is 0.152 e. The maximum atomic E-state index is 11.7. The first-order valence-corrected chi connectivity index (χ1v) is 4.76. The molecule has 4 saturated heterocycles. The molecule has 0 radical (unpaired) electrons. The first-order chi connectivity index (χ1) is 5.66. The van der Waals surface area contributed by atoms with Crippen LogP contribution in [0.15, 0.2) is 0 Å². The van der Waals surface area contributed by atoms with E-state index in [1.165, 1.54) is 6.67 Å². The highest BCUT2D eigenvalue weighted by Gasteiger charge is 2.53. The van der Waals surface area contributed by atoms with Crippen molar-refractivity contribution in [3.63, 3.8) is 0 Å². The summed E-state index contributed by atoms with van der Waals surface area (Å²) in [6.45, 7) is 5.48. The molecule has 2 unspecified atom stereocenters.